The Kier molecular flexibility index (Phi) is 12.5. The highest BCUT2D eigenvalue weighted by Gasteiger charge is 2.23. The maximum Gasteiger partial charge on any atom is 0.192 e. The fourth-order valence-electron chi connectivity index (χ4n) is 1.69. The van der Waals surface area contributed by atoms with Crippen molar-refractivity contribution in [2.45, 2.75) is 65.9 Å². The molecule has 0 rings (SSSR count). The maximum atomic E-state index is 6.08. The second kappa shape index (κ2) is 11.4. The van der Waals surface area contributed by atoms with E-state index in [9.17, 15) is 0 Å². The Morgan fingerprint density at radius 3 is 1.61 bits per heavy atom. The Labute approximate surface area is 141 Å². The van der Waals surface area contributed by atoms with Crippen molar-refractivity contribution >= 4 is 69.6 Å². The second-order valence-corrected chi connectivity index (χ2v) is 8.57. The number of halogens is 6. The minimum absolute atomic E-state index is 0.0547. The summed E-state index contributed by atoms with van der Waals surface area (Å²) < 4.78 is -1.23. The molecule has 0 fully saturated rings. The number of alkyl halides is 6. The highest BCUT2D eigenvalue weighted by molar-refractivity contribution is 6.67. The van der Waals surface area contributed by atoms with E-state index >= 15 is 0 Å². The first-order valence-electron chi connectivity index (χ1n) is 6.26. The van der Waals surface area contributed by atoms with Crippen molar-refractivity contribution in [3.05, 3.63) is 0 Å². The molecule has 0 aromatic rings. The summed E-state index contributed by atoms with van der Waals surface area (Å²) in [5, 5.41) is 0.0594. The molecule has 0 aromatic heterocycles. The molecule has 0 saturated heterocycles. The Morgan fingerprint density at radius 1 is 0.722 bits per heavy atom. The molecule has 0 N–H and O–H groups in total. The van der Waals surface area contributed by atoms with Gasteiger partial charge in [-0.25, -0.2) is 0 Å². The molecule has 110 valence electrons. The predicted octanol–water partition coefficient (Wildman–Crippen LogP) is 6.93. The predicted molar refractivity (Wildman–Crippen MR) is 87.2 cm³/mol. The molecule has 2 atom stereocenters. The van der Waals surface area contributed by atoms with Gasteiger partial charge >= 0.3 is 0 Å². The zero-order chi connectivity index (χ0) is 14.0. The summed E-state index contributed by atoms with van der Waals surface area (Å²) in [4.78, 5) is 0. The zero-order valence-electron chi connectivity index (χ0n) is 10.3. The summed E-state index contributed by atoms with van der Waals surface area (Å²) in [5.74, 6) is 0.534. The van der Waals surface area contributed by atoms with Gasteiger partial charge in [-0.3, -0.25) is 0 Å². The highest BCUT2D eigenvalue weighted by Crippen LogP contribution is 2.34. The number of rotatable bonds is 10. The van der Waals surface area contributed by atoms with Gasteiger partial charge in [0.2, 0.25) is 0 Å². The van der Waals surface area contributed by atoms with Crippen LogP contribution in [0.4, 0.5) is 0 Å². The quantitative estimate of drug-likeness (QED) is 0.286. The van der Waals surface area contributed by atoms with Crippen LogP contribution in [0.25, 0.3) is 0 Å². The molecule has 6 heteroatoms. The molecule has 0 heterocycles. The Bertz CT molecular complexity index is 191. The molecule has 0 aromatic carbocycles. The average Bonchev–Trinajstić information content (AvgIpc) is 2.25. The van der Waals surface area contributed by atoms with Gasteiger partial charge in [0.05, 0.1) is 0 Å². The minimum Gasteiger partial charge on any atom is -0.125 e. The average molecular weight is 377 g/mol. The van der Waals surface area contributed by atoms with Crippen molar-refractivity contribution in [1.29, 1.82) is 0 Å². The molecule has 0 nitrogen and oxygen atoms in total. The molecule has 0 aliphatic carbocycles. The van der Waals surface area contributed by atoms with Crippen molar-refractivity contribution in [1.82, 2.24) is 0 Å². The topological polar surface area (TPSA) is 0 Å². The van der Waals surface area contributed by atoms with Crippen molar-refractivity contribution < 1.29 is 0 Å². The van der Waals surface area contributed by atoms with Gasteiger partial charge in [0.25, 0.3) is 0 Å². The summed E-state index contributed by atoms with van der Waals surface area (Å²) in [6.07, 6.45) is 8.07. The smallest absolute Gasteiger partial charge is 0.125 e. The van der Waals surface area contributed by atoms with E-state index in [2.05, 4.69) is 0 Å². The van der Waals surface area contributed by atoms with E-state index in [1.54, 1.807) is 0 Å². The summed E-state index contributed by atoms with van der Waals surface area (Å²) in [6, 6.07) is 0. The highest BCUT2D eigenvalue weighted by atomic mass is 35.6. The van der Waals surface area contributed by atoms with Crippen LogP contribution in [0.3, 0.4) is 0 Å². The molecule has 0 amide bonds. The number of hydrogen-bond acceptors (Lipinski definition) is 0. The van der Waals surface area contributed by atoms with Crippen molar-refractivity contribution in [3.63, 3.8) is 0 Å². The molecule has 18 heavy (non-hydrogen) atoms. The molecule has 0 aliphatic rings. The van der Waals surface area contributed by atoms with Crippen molar-refractivity contribution in [2.75, 3.05) is 5.88 Å². The third-order valence-electron chi connectivity index (χ3n) is 2.66. The monoisotopic (exact) mass is 374 g/mol. The first-order chi connectivity index (χ1) is 8.35. The minimum atomic E-state index is -1.23. The Hall–Kier alpha value is 1.74. The van der Waals surface area contributed by atoms with Gasteiger partial charge in [-0.05, 0) is 12.8 Å². The van der Waals surface area contributed by atoms with Gasteiger partial charge in [-0.1, -0.05) is 66.9 Å². The molecular formula is C12H20Cl6. The third kappa shape index (κ3) is 14.2. The van der Waals surface area contributed by atoms with Gasteiger partial charge in [-0.15, -0.1) is 34.8 Å². The molecule has 0 bridgehead atoms. The zero-order valence-corrected chi connectivity index (χ0v) is 14.8. The van der Waals surface area contributed by atoms with Crippen LogP contribution in [0.15, 0.2) is 0 Å². The van der Waals surface area contributed by atoms with Gasteiger partial charge in [0, 0.05) is 23.1 Å². The van der Waals surface area contributed by atoms with Gasteiger partial charge < -0.3 is 0 Å². The molecule has 2 unspecified atom stereocenters. The summed E-state index contributed by atoms with van der Waals surface area (Å²) in [6.45, 7) is 0. The molecule has 0 saturated carbocycles. The fraction of sp³-hybridized carbons (Fsp3) is 1.00. The lowest BCUT2D eigenvalue weighted by Crippen LogP contribution is -2.11. The van der Waals surface area contributed by atoms with Gasteiger partial charge in [0.15, 0.2) is 3.79 Å². The Balaban J connectivity index is 3.30. The van der Waals surface area contributed by atoms with Crippen LogP contribution in [0, 0.1) is 0 Å². The molecule has 0 radical (unpaired) electrons. The lowest BCUT2D eigenvalue weighted by molar-refractivity contribution is 0.562. The van der Waals surface area contributed by atoms with Crippen LogP contribution >= 0.6 is 69.6 Å². The first kappa shape index (κ1) is 19.7. The second-order valence-electron chi connectivity index (χ2n) is 4.51. The van der Waals surface area contributed by atoms with Gasteiger partial charge in [0.1, 0.15) is 0 Å². The SMILES string of the molecule is ClCC(Cl)CCCCCCCC(Cl)CC(Cl)(Cl)Cl. The van der Waals surface area contributed by atoms with E-state index in [0.717, 1.165) is 32.1 Å². The maximum absolute atomic E-state index is 6.08. The Morgan fingerprint density at radius 2 is 1.17 bits per heavy atom. The largest absolute Gasteiger partial charge is 0.192 e. The van der Waals surface area contributed by atoms with Crippen LogP contribution in [0.1, 0.15) is 51.4 Å². The fourth-order valence-corrected chi connectivity index (χ4v) is 3.18. The van der Waals surface area contributed by atoms with Crippen LogP contribution in [0.2, 0.25) is 0 Å². The van der Waals surface area contributed by atoms with Gasteiger partial charge in [-0.2, -0.15) is 0 Å². The lowest BCUT2D eigenvalue weighted by atomic mass is 10.1. The standard InChI is InChI=1S/C12H20Cl6/c13-9-11(15)7-5-3-1-2-4-6-10(14)8-12(16,17)18/h10-11H,1-9H2. The van der Waals surface area contributed by atoms with Crippen LogP contribution < -0.4 is 0 Å². The summed E-state index contributed by atoms with van der Waals surface area (Å²) in [5.41, 5.74) is 0. The summed E-state index contributed by atoms with van der Waals surface area (Å²) in [7, 11) is 0. The van der Waals surface area contributed by atoms with E-state index in [-0.39, 0.29) is 10.8 Å². The van der Waals surface area contributed by atoms with Crippen molar-refractivity contribution in [2.24, 2.45) is 0 Å². The first-order valence-corrected chi connectivity index (χ1v) is 8.80. The van der Waals surface area contributed by atoms with Crippen LogP contribution in [0.5, 0.6) is 0 Å². The van der Waals surface area contributed by atoms with E-state index < -0.39 is 3.79 Å². The third-order valence-corrected chi connectivity index (χ3v) is 4.39. The van der Waals surface area contributed by atoms with E-state index in [1.807, 2.05) is 0 Å². The molecule has 0 spiro atoms. The number of unbranched alkanes of at least 4 members (excludes halogenated alkanes) is 4. The number of hydrogen-bond donors (Lipinski definition) is 0. The molecule has 0 aliphatic heterocycles. The van der Waals surface area contributed by atoms with Crippen molar-refractivity contribution in [3.8, 4) is 0 Å². The van der Waals surface area contributed by atoms with E-state index in [0.29, 0.717) is 12.3 Å². The van der Waals surface area contributed by atoms with E-state index in [1.165, 1.54) is 12.8 Å². The summed E-state index contributed by atoms with van der Waals surface area (Å²) >= 11 is 34.7. The molecular weight excluding hydrogens is 357 g/mol. The van der Waals surface area contributed by atoms with E-state index in [4.69, 9.17) is 69.6 Å². The normalized spacial score (nSPS) is 15.7. The van der Waals surface area contributed by atoms with Crippen LogP contribution in [-0.2, 0) is 0 Å². The van der Waals surface area contributed by atoms with Crippen LogP contribution in [-0.4, -0.2) is 20.4 Å². The lowest BCUT2D eigenvalue weighted by Gasteiger charge is -2.15.